The number of ether oxygens (including phenoxy) is 2. The SMILES string of the molecule is CC1C2C(CC3C4CCC5C[C@@H](OS(=O)(=O)C(F)(F)F)CC[C@]5(C)C4CC[C@@]32C)OC12CC[C@H](C)CO2. The second-order valence-corrected chi connectivity index (χ2v) is 15.6. The first kappa shape index (κ1) is 26.8. The second kappa shape index (κ2) is 8.56. The van der Waals surface area contributed by atoms with Crippen molar-refractivity contribution < 1.29 is 35.2 Å². The molecule has 6 fully saturated rings. The quantitative estimate of drug-likeness (QED) is 0.285. The van der Waals surface area contributed by atoms with Crippen molar-refractivity contribution in [3.63, 3.8) is 0 Å². The Labute approximate surface area is 219 Å². The van der Waals surface area contributed by atoms with Crippen LogP contribution in [0.25, 0.3) is 0 Å². The minimum absolute atomic E-state index is 0.0279. The Hall–Kier alpha value is -0.380. The summed E-state index contributed by atoms with van der Waals surface area (Å²) in [5, 5.41) is 0. The van der Waals surface area contributed by atoms with E-state index >= 15 is 0 Å². The average Bonchev–Trinajstić information content (AvgIpc) is 3.25. The van der Waals surface area contributed by atoms with Gasteiger partial charge in [-0.2, -0.15) is 21.6 Å². The molecule has 12 atom stereocenters. The van der Waals surface area contributed by atoms with E-state index in [1.807, 2.05) is 0 Å². The lowest BCUT2D eigenvalue weighted by Crippen LogP contribution is -2.55. The van der Waals surface area contributed by atoms with E-state index < -0.39 is 27.5 Å². The van der Waals surface area contributed by atoms with Gasteiger partial charge in [0.15, 0.2) is 5.79 Å². The third-order valence-corrected chi connectivity index (χ3v) is 13.5. The fourth-order valence-corrected chi connectivity index (χ4v) is 11.2. The molecule has 2 heterocycles. The van der Waals surface area contributed by atoms with Gasteiger partial charge in [0.1, 0.15) is 0 Å². The number of hydrogen-bond acceptors (Lipinski definition) is 5. The molecule has 8 unspecified atom stereocenters. The predicted octanol–water partition coefficient (Wildman–Crippen LogP) is 6.67. The molecule has 6 rings (SSSR count). The van der Waals surface area contributed by atoms with E-state index in [2.05, 4.69) is 27.7 Å². The molecule has 2 aliphatic heterocycles. The van der Waals surface area contributed by atoms with E-state index in [0.29, 0.717) is 48.3 Å². The van der Waals surface area contributed by atoms with Gasteiger partial charge in [0.2, 0.25) is 0 Å². The Kier molecular flexibility index (Phi) is 6.21. The zero-order valence-electron chi connectivity index (χ0n) is 22.6. The van der Waals surface area contributed by atoms with Crippen LogP contribution in [0.5, 0.6) is 0 Å². The van der Waals surface area contributed by atoms with Crippen molar-refractivity contribution in [1.82, 2.24) is 0 Å². The fraction of sp³-hybridized carbons (Fsp3) is 1.00. The molecule has 5 nitrogen and oxygen atoms in total. The van der Waals surface area contributed by atoms with Gasteiger partial charge in [0.25, 0.3) is 0 Å². The maximum absolute atomic E-state index is 12.9. The van der Waals surface area contributed by atoms with Gasteiger partial charge >= 0.3 is 15.6 Å². The van der Waals surface area contributed by atoms with Crippen LogP contribution in [0.3, 0.4) is 0 Å². The van der Waals surface area contributed by atoms with Gasteiger partial charge in [0, 0.05) is 12.3 Å². The zero-order valence-corrected chi connectivity index (χ0v) is 23.4. The summed E-state index contributed by atoms with van der Waals surface area (Å²) in [7, 11) is -5.55. The van der Waals surface area contributed by atoms with Crippen molar-refractivity contribution in [1.29, 1.82) is 0 Å². The molecule has 0 aromatic heterocycles. The lowest BCUT2D eigenvalue weighted by atomic mass is 9.44. The van der Waals surface area contributed by atoms with Gasteiger partial charge in [-0.05, 0) is 104 Å². The Balaban J connectivity index is 1.17. The summed E-state index contributed by atoms with van der Waals surface area (Å²) in [6.45, 7) is 10.2. The highest BCUT2D eigenvalue weighted by Gasteiger charge is 2.69. The van der Waals surface area contributed by atoms with E-state index in [9.17, 15) is 21.6 Å². The Bertz CT molecular complexity index is 1010. The van der Waals surface area contributed by atoms with Crippen molar-refractivity contribution in [2.24, 2.45) is 52.3 Å². The Morgan fingerprint density at radius 3 is 2.30 bits per heavy atom. The molecular formula is C28H43F3O5S. The van der Waals surface area contributed by atoms with Gasteiger partial charge in [-0.3, -0.25) is 4.18 Å². The summed E-state index contributed by atoms with van der Waals surface area (Å²) in [5.74, 6) is 3.00. The first-order valence-corrected chi connectivity index (χ1v) is 15.9. The van der Waals surface area contributed by atoms with Crippen LogP contribution in [0.4, 0.5) is 13.2 Å². The molecule has 4 saturated carbocycles. The van der Waals surface area contributed by atoms with Crippen LogP contribution in [0, 0.1) is 52.3 Å². The van der Waals surface area contributed by atoms with E-state index in [-0.39, 0.29) is 22.9 Å². The lowest BCUT2D eigenvalue weighted by molar-refractivity contribution is -0.273. The van der Waals surface area contributed by atoms with Crippen LogP contribution in [0.1, 0.15) is 91.9 Å². The summed E-state index contributed by atoms with van der Waals surface area (Å²) in [4.78, 5) is 0. The molecular weight excluding hydrogens is 505 g/mol. The van der Waals surface area contributed by atoms with Crippen molar-refractivity contribution in [3.8, 4) is 0 Å². The summed E-state index contributed by atoms with van der Waals surface area (Å²) in [6.07, 6.45) is 8.42. The summed E-state index contributed by atoms with van der Waals surface area (Å²) < 4.78 is 79.9. The Morgan fingerprint density at radius 1 is 0.892 bits per heavy atom. The molecule has 9 heteroatoms. The monoisotopic (exact) mass is 548 g/mol. The maximum atomic E-state index is 12.9. The molecule has 212 valence electrons. The molecule has 6 aliphatic rings. The standard InChI is InChI=1S/C28H43F3O5S/c1-16-7-12-27(34-15-16)17(2)24-23(35-27)14-22-20-6-5-18-13-19(36-37(32,33)28(29,30)31)8-10-25(18,3)21(20)9-11-26(22,24)4/h16-24H,5-15H2,1-4H3/t16-,17?,18?,19-,20?,21?,22?,23?,24?,25-,26-,27?/m0/s1. The number of halogens is 3. The molecule has 0 aromatic rings. The first-order chi connectivity index (χ1) is 17.2. The normalized spacial score (nSPS) is 53.9. The van der Waals surface area contributed by atoms with Crippen LogP contribution in [-0.4, -0.2) is 38.5 Å². The zero-order chi connectivity index (χ0) is 26.6. The number of hydrogen-bond donors (Lipinski definition) is 0. The van der Waals surface area contributed by atoms with E-state index in [1.54, 1.807) is 0 Å². The molecule has 0 aromatic carbocycles. The Morgan fingerprint density at radius 2 is 1.62 bits per heavy atom. The number of alkyl halides is 3. The molecule has 0 radical (unpaired) electrons. The van der Waals surface area contributed by atoms with Crippen molar-refractivity contribution in [3.05, 3.63) is 0 Å². The third kappa shape index (κ3) is 3.90. The molecule has 1 spiro atoms. The summed E-state index contributed by atoms with van der Waals surface area (Å²) >= 11 is 0. The first-order valence-electron chi connectivity index (χ1n) is 14.5. The molecule has 2 saturated heterocycles. The summed E-state index contributed by atoms with van der Waals surface area (Å²) in [5.41, 5.74) is -5.11. The van der Waals surface area contributed by atoms with E-state index in [4.69, 9.17) is 13.7 Å². The largest absolute Gasteiger partial charge is 0.523 e. The van der Waals surface area contributed by atoms with Gasteiger partial charge in [-0.1, -0.05) is 27.7 Å². The molecule has 4 aliphatic carbocycles. The maximum Gasteiger partial charge on any atom is 0.523 e. The van der Waals surface area contributed by atoms with Crippen LogP contribution in [-0.2, 0) is 23.8 Å². The highest BCUT2D eigenvalue weighted by Crippen LogP contribution is 2.71. The number of fused-ring (bicyclic) bond motifs is 7. The second-order valence-electron chi connectivity index (χ2n) is 14.1. The van der Waals surface area contributed by atoms with Crippen molar-refractivity contribution >= 4 is 10.1 Å². The van der Waals surface area contributed by atoms with Crippen LogP contribution < -0.4 is 0 Å². The molecule has 0 amide bonds. The molecule has 0 N–H and O–H groups in total. The minimum Gasteiger partial charge on any atom is -0.349 e. The predicted molar refractivity (Wildman–Crippen MR) is 132 cm³/mol. The third-order valence-electron chi connectivity index (χ3n) is 12.4. The highest BCUT2D eigenvalue weighted by molar-refractivity contribution is 7.87. The minimum atomic E-state index is -5.55. The van der Waals surface area contributed by atoms with Crippen LogP contribution >= 0.6 is 0 Å². The lowest BCUT2D eigenvalue weighted by Gasteiger charge is -2.61. The smallest absolute Gasteiger partial charge is 0.349 e. The van der Waals surface area contributed by atoms with Gasteiger partial charge in [-0.15, -0.1) is 0 Å². The summed E-state index contributed by atoms with van der Waals surface area (Å²) in [6, 6.07) is 0. The van der Waals surface area contributed by atoms with Crippen molar-refractivity contribution in [2.75, 3.05) is 6.61 Å². The van der Waals surface area contributed by atoms with Crippen LogP contribution in [0.2, 0.25) is 0 Å². The van der Waals surface area contributed by atoms with E-state index in [0.717, 1.165) is 58.0 Å². The fourth-order valence-electron chi connectivity index (χ4n) is 10.6. The molecule has 37 heavy (non-hydrogen) atoms. The van der Waals surface area contributed by atoms with E-state index in [1.165, 1.54) is 0 Å². The average molecular weight is 549 g/mol. The highest BCUT2D eigenvalue weighted by atomic mass is 32.2. The van der Waals surface area contributed by atoms with Crippen molar-refractivity contribution in [2.45, 2.75) is 115 Å². The van der Waals surface area contributed by atoms with Gasteiger partial charge in [0.05, 0.1) is 18.8 Å². The topological polar surface area (TPSA) is 61.8 Å². The van der Waals surface area contributed by atoms with Gasteiger partial charge in [-0.25, -0.2) is 0 Å². The number of rotatable bonds is 2. The van der Waals surface area contributed by atoms with Crippen LogP contribution in [0.15, 0.2) is 0 Å². The molecule has 0 bridgehead atoms. The van der Waals surface area contributed by atoms with Gasteiger partial charge < -0.3 is 9.47 Å².